The zero-order valence-corrected chi connectivity index (χ0v) is 15.8. The van der Waals surface area contributed by atoms with E-state index in [0.717, 1.165) is 24.2 Å². The van der Waals surface area contributed by atoms with E-state index in [2.05, 4.69) is 5.32 Å². The van der Waals surface area contributed by atoms with Crippen LogP contribution in [0, 0.1) is 10.1 Å². The molecule has 3 rings (SSSR count). The van der Waals surface area contributed by atoms with Gasteiger partial charge in [-0.2, -0.15) is 0 Å². The largest absolute Gasteiger partial charge is 0.462 e. The Morgan fingerprint density at radius 3 is 2.79 bits per heavy atom. The number of rotatable bonds is 8. The van der Waals surface area contributed by atoms with Crippen LogP contribution in [-0.4, -0.2) is 35.2 Å². The normalized spacial score (nSPS) is 15.8. The Bertz CT molecular complexity index is 855. The van der Waals surface area contributed by atoms with Crippen molar-refractivity contribution in [2.75, 3.05) is 18.5 Å². The Hall–Kier alpha value is -2.93. The van der Waals surface area contributed by atoms with Crippen molar-refractivity contribution in [1.82, 2.24) is 0 Å². The van der Waals surface area contributed by atoms with Crippen molar-refractivity contribution in [3.63, 3.8) is 0 Å². The molecule has 2 atom stereocenters. The Balaban J connectivity index is 1.68. The zero-order chi connectivity index (χ0) is 20.1. The lowest BCUT2D eigenvalue weighted by molar-refractivity contribution is -0.544. The van der Waals surface area contributed by atoms with Crippen molar-refractivity contribution < 1.29 is 19.6 Å². The molecule has 7 heteroatoms. The molecule has 0 saturated carbocycles. The molecule has 1 heterocycles. The molecule has 0 radical (unpaired) electrons. The highest BCUT2D eigenvalue weighted by molar-refractivity contribution is 5.89. The van der Waals surface area contributed by atoms with Crippen LogP contribution in [0.1, 0.15) is 41.3 Å². The molecular weight excluding hydrogens is 360 g/mol. The van der Waals surface area contributed by atoms with E-state index in [1.807, 2.05) is 18.2 Å². The SMILES string of the molecule is C[C@@H]([N+](=O)[O-])[C@@](O)(CCCOC(=O)c1ccccc1)c1ccc2c(c1)CCN2. The first-order valence-corrected chi connectivity index (χ1v) is 9.37. The van der Waals surface area contributed by atoms with Gasteiger partial charge in [0.2, 0.25) is 6.04 Å². The van der Waals surface area contributed by atoms with Gasteiger partial charge in [0.15, 0.2) is 5.60 Å². The zero-order valence-electron chi connectivity index (χ0n) is 15.8. The number of carbonyl (C=O) groups is 1. The topological polar surface area (TPSA) is 102 Å². The van der Waals surface area contributed by atoms with E-state index < -0.39 is 22.5 Å². The van der Waals surface area contributed by atoms with Crippen LogP contribution in [-0.2, 0) is 16.8 Å². The summed E-state index contributed by atoms with van der Waals surface area (Å²) >= 11 is 0. The maximum absolute atomic E-state index is 12.0. The smallest absolute Gasteiger partial charge is 0.338 e. The second kappa shape index (κ2) is 8.39. The van der Waals surface area contributed by atoms with E-state index in [4.69, 9.17) is 4.74 Å². The molecule has 148 valence electrons. The van der Waals surface area contributed by atoms with E-state index in [1.54, 1.807) is 30.3 Å². The molecule has 1 aliphatic heterocycles. The maximum Gasteiger partial charge on any atom is 0.338 e. The van der Waals surface area contributed by atoms with Gasteiger partial charge in [-0.15, -0.1) is 0 Å². The lowest BCUT2D eigenvalue weighted by Gasteiger charge is -2.30. The van der Waals surface area contributed by atoms with Gasteiger partial charge in [0.25, 0.3) is 0 Å². The summed E-state index contributed by atoms with van der Waals surface area (Å²) in [7, 11) is 0. The van der Waals surface area contributed by atoms with Crippen LogP contribution in [0.5, 0.6) is 0 Å². The minimum Gasteiger partial charge on any atom is -0.462 e. The van der Waals surface area contributed by atoms with Crippen LogP contribution in [0.15, 0.2) is 48.5 Å². The van der Waals surface area contributed by atoms with Gasteiger partial charge < -0.3 is 15.2 Å². The molecule has 7 nitrogen and oxygen atoms in total. The maximum atomic E-state index is 12.0. The number of nitro groups is 1. The molecule has 2 aromatic rings. The van der Waals surface area contributed by atoms with Crippen LogP contribution >= 0.6 is 0 Å². The molecule has 0 saturated heterocycles. The van der Waals surface area contributed by atoms with Gasteiger partial charge in [0.05, 0.1) is 12.2 Å². The molecule has 1 aliphatic rings. The first-order valence-electron chi connectivity index (χ1n) is 9.37. The number of esters is 1. The molecule has 0 aliphatic carbocycles. The van der Waals surface area contributed by atoms with Crippen molar-refractivity contribution in [1.29, 1.82) is 0 Å². The Morgan fingerprint density at radius 1 is 1.32 bits per heavy atom. The third-order valence-corrected chi connectivity index (χ3v) is 5.27. The second-order valence-corrected chi connectivity index (χ2v) is 7.04. The molecular formula is C21H24N2O5. The summed E-state index contributed by atoms with van der Waals surface area (Å²) in [6, 6.07) is 12.8. The van der Waals surface area contributed by atoms with Gasteiger partial charge in [-0.25, -0.2) is 4.79 Å². The molecule has 0 fully saturated rings. The summed E-state index contributed by atoms with van der Waals surface area (Å²) in [5, 5.41) is 25.9. The number of hydrogen-bond donors (Lipinski definition) is 2. The van der Waals surface area contributed by atoms with Crippen LogP contribution < -0.4 is 5.32 Å². The van der Waals surface area contributed by atoms with E-state index in [-0.39, 0.29) is 13.0 Å². The highest BCUT2D eigenvalue weighted by Gasteiger charge is 2.43. The summed E-state index contributed by atoms with van der Waals surface area (Å²) in [6.07, 6.45) is 1.24. The first kappa shape index (κ1) is 19.8. The molecule has 0 aromatic heterocycles. The van der Waals surface area contributed by atoms with Crippen molar-refractivity contribution in [2.24, 2.45) is 0 Å². The van der Waals surface area contributed by atoms with Crippen LogP contribution in [0.3, 0.4) is 0 Å². The van der Waals surface area contributed by atoms with Gasteiger partial charge >= 0.3 is 5.97 Å². The van der Waals surface area contributed by atoms with Gasteiger partial charge in [-0.05, 0) is 48.6 Å². The molecule has 0 amide bonds. The third-order valence-electron chi connectivity index (χ3n) is 5.27. The average Bonchev–Trinajstić information content (AvgIpc) is 3.18. The number of nitrogens with zero attached hydrogens (tertiary/aromatic N) is 1. The first-order chi connectivity index (χ1) is 13.4. The fourth-order valence-corrected chi connectivity index (χ4v) is 3.51. The average molecular weight is 384 g/mol. The monoisotopic (exact) mass is 384 g/mol. The van der Waals surface area contributed by atoms with E-state index in [0.29, 0.717) is 17.5 Å². The number of fused-ring (bicyclic) bond motifs is 1. The number of aliphatic hydroxyl groups is 1. The van der Waals surface area contributed by atoms with Crippen LogP contribution in [0.4, 0.5) is 5.69 Å². The second-order valence-electron chi connectivity index (χ2n) is 7.04. The van der Waals surface area contributed by atoms with E-state index >= 15 is 0 Å². The number of anilines is 1. The molecule has 2 N–H and O–H groups in total. The van der Waals surface area contributed by atoms with Crippen molar-refractivity contribution >= 4 is 11.7 Å². The minimum atomic E-state index is -1.64. The predicted octanol–water partition coefficient (Wildman–Crippen LogP) is 3.14. The predicted molar refractivity (Wildman–Crippen MR) is 105 cm³/mol. The number of ether oxygens (including phenoxy) is 1. The lowest BCUT2D eigenvalue weighted by Crippen LogP contribution is -2.43. The van der Waals surface area contributed by atoms with Crippen molar-refractivity contribution in [3.05, 3.63) is 75.3 Å². The standard InChI is InChI=1S/C21H24N2O5/c1-15(23(26)27)21(25,18-8-9-19-17(14-18)10-12-22-19)11-5-13-28-20(24)16-6-3-2-4-7-16/h2-4,6-9,14-15,22,25H,5,10-13H2,1H3/t15-,21+/m1/s1. The highest BCUT2D eigenvalue weighted by atomic mass is 16.6. The van der Waals surface area contributed by atoms with Crippen LogP contribution in [0.2, 0.25) is 0 Å². The van der Waals surface area contributed by atoms with Gasteiger partial charge in [-0.1, -0.05) is 30.3 Å². The minimum absolute atomic E-state index is 0.0764. The third kappa shape index (κ3) is 4.14. The summed E-state index contributed by atoms with van der Waals surface area (Å²) in [6.45, 7) is 2.30. The summed E-state index contributed by atoms with van der Waals surface area (Å²) in [5.74, 6) is -0.449. The number of hydrogen-bond acceptors (Lipinski definition) is 6. The Morgan fingerprint density at radius 2 is 2.07 bits per heavy atom. The summed E-state index contributed by atoms with van der Waals surface area (Å²) in [5.41, 5.74) is 1.37. The van der Waals surface area contributed by atoms with E-state index in [9.17, 15) is 20.0 Å². The lowest BCUT2D eigenvalue weighted by atomic mass is 9.82. The molecule has 0 bridgehead atoms. The number of benzene rings is 2. The molecule has 0 unspecified atom stereocenters. The van der Waals surface area contributed by atoms with Gasteiger partial charge in [0.1, 0.15) is 0 Å². The number of nitrogens with one attached hydrogen (secondary N) is 1. The van der Waals surface area contributed by atoms with Crippen molar-refractivity contribution in [3.8, 4) is 0 Å². The molecule has 28 heavy (non-hydrogen) atoms. The van der Waals surface area contributed by atoms with Gasteiger partial charge in [0, 0.05) is 24.1 Å². The van der Waals surface area contributed by atoms with Crippen LogP contribution in [0.25, 0.3) is 0 Å². The fourth-order valence-electron chi connectivity index (χ4n) is 3.51. The Kier molecular flexibility index (Phi) is 5.94. The highest BCUT2D eigenvalue weighted by Crippen LogP contribution is 2.35. The van der Waals surface area contributed by atoms with Crippen molar-refractivity contribution in [2.45, 2.75) is 37.8 Å². The molecule has 0 spiro atoms. The quantitative estimate of drug-likeness (QED) is 0.314. The van der Waals surface area contributed by atoms with E-state index in [1.165, 1.54) is 6.92 Å². The summed E-state index contributed by atoms with van der Waals surface area (Å²) in [4.78, 5) is 23.0. The fraction of sp³-hybridized carbons (Fsp3) is 0.381. The number of carbonyl (C=O) groups excluding carboxylic acids is 1. The Labute approximate surface area is 163 Å². The summed E-state index contributed by atoms with van der Waals surface area (Å²) < 4.78 is 5.24. The van der Waals surface area contributed by atoms with Gasteiger partial charge in [-0.3, -0.25) is 10.1 Å². The molecule has 2 aromatic carbocycles.